The van der Waals surface area contributed by atoms with Crippen LogP contribution in [0.25, 0.3) is 22.3 Å². The minimum atomic E-state index is -4.54. The summed E-state index contributed by atoms with van der Waals surface area (Å²) in [6.45, 7) is 0. The third kappa shape index (κ3) is 2.64. The highest BCUT2D eigenvalue weighted by molar-refractivity contribution is 5.89. The van der Waals surface area contributed by atoms with Crippen molar-refractivity contribution in [3.63, 3.8) is 0 Å². The van der Waals surface area contributed by atoms with E-state index >= 15 is 0 Å². The van der Waals surface area contributed by atoms with Crippen LogP contribution in [0.2, 0.25) is 0 Å². The standard InChI is InChI=1S/C15H8F3N5/c16-15(17,18)10-3-4-21-7-9(10)13-5-11(20)14-12(23-13)2-1-8(6-19)22-14/h1-5,7H,(H2,20,23). The fraction of sp³-hybridized carbons (Fsp3) is 0.0667. The van der Waals surface area contributed by atoms with Crippen LogP contribution in [-0.4, -0.2) is 15.0 Å². The molecule has 0 fully saturated rings. The van der Waals surface area contributed by atoms with Crippen LogP contribution >= 0.6 is 0 Å². The molecule has 0 saturated heterocycles. The van der Waals surface area contributed by atoms with E-state index in [0.29, 0.717) is 5.52 Å². The van der Waals surface area contributed by atoms with Gasteiger partial charge in [0.05, 0.1) is 22.5 Å². The van der Waals surface area contributed by atoms with Crippen molar-refractivity contribution in [2.75, 3.05) is 5.73 Å². The number of alkyl halides is 3. The van der Waals surface area contributed by atoms with Crippen molar-refractivity contribution >= 4 is 16.7 Å². The number of nitrogens with zero attached hydrogens (tertiary/aromatic N) is 4. The quantitative estimate of drug-likeness (QED) is 0.745. The predicted molar refractivity (Wildman–Crippen MR) is 76.9 cm³/mol. The summed E-state index contributed by atoms with van der Waals surface area (Å²) in [7, 11) is 0. The molecule has 5 nitrogen and oxygen atoms in total. The molecule has 0 atom stereocenters. The lowest BCUT2D eigenvalue weighted by Crippen LogP contribution is -2.08. The van der Waals surface area contributed by atoms with Crippen molar-refractivity contribution in [3.05, 3.63) is 47.9 Å². The van der Waals surface area contributed by atoms with Crippen LogP contribution < -0.4 is 5.73 Å². The number of halogens is 3. The summed E-state index contributed by atoms with van der Waals surface area (Å²) < 4.78 is 39.3. The fourth-order valence-corrected chi connectivity index (χ4v) is 2.18. The highest BCUT2D eigenvalue weighted by atomic mass is 19.4. The molecule has 0 unspecified atom stereocenters. The van der Waals surface area contributed by atoms with Crippen LogP contribution in [0.3, 0.4) is 0 Å². The maximum atomic E-state index is 13.1. The lowest BCUT2D eigenvalue weighted by Gasteiger charge is -2.12. The van der Waals surface area contributed by atoms with E-state index in [1.54, 1.807) is 0 Å². The minimum absolute atomic E-state index is 0.0435. The monoisotopic (exact) mass is 315 g/mol. The van der Waals surface area contributed by atoms with Crippen molar-refractivity contribution in [3.8, 4) is 17.3 Å². The number of rotatable bonds is 1. The van der Waals surface area contributed by atoms with E-state index in [1.165, 1.54) is 18.2 Å². The Balaban J connectivity index is 2.25. The molecule has 0 aliphatic heterocycles. The van der Waals surface area contributed by atoms with Crippen molar-refractivity contribution < 1.29 is 13.2 Å². The number of aromatic nitrogens is 3. The highest BCUT2D eigenvalue weighted by Gasteiger charge is 2.34. The first kappa shape index (κ1) is 14.7. The van der Waals surface area contributed by atoms with Crippen molar-refractivity contribution in [2.45, 2.75) is 6.18 Å². The van der Waals surface area contributed by atoms with Gasteiger partial charge in [-0.05, 0) is 24.3 Å². The Morgan fingerprint density at radius 1 is 1.13 bits per heavy atom. The van der Waals surface area contributed by atoms with E-state index < -0.39 is 11.7 Å². The van der Waals surface area contributed by atoms with E-state index in [9.17, 15) is 13.2 Å². The van der Waals surface area contributed by atoms with Crippen molar-refractivity contribution in [1.29, 1.82) is 5.26 Å². The summed E-state index contributed by atoms with van der Waals surface area (Å²) in [4.78, 5) is 11.9. The van der Waals surface area contributed by atoms with E-state index in [2.05, 4.69) is 15.0 Å². The minimum Gasteiger partial charge on any atom is -0.397 e. The lowest BCUT2D eigenvalue weighted by molar-refractivity contribution is -0.137. The predicted octanol–water partition coefficient (Wildman–Crippen LogP) is 3.16. The van der Waals surface area contributed by atoms with Crippen LogP contribution in [-0.2, 0) is 6.18 Å². The van der Waals surface area contributed by atoms with Gasteiger partial charge in [-0.3, -0.25) is 4.98 Å². The number of hydrogen-bond donors (Lipinski definition) is 1. The molecule has 3 rings (SSSR count). The molecule has 3 aromatic rings. The fourth-order valence-electron chi connectivity index (χ4n) is 2.18. The van der Waals surface area contributed by atoms with Gasteiger partial charge in [0.1, 0.15) is 17.3 Å². The Morgan fingerprint density at radius 3 is 2.61 bits per heavy atom. The molecule has 0 bridgehead atoms. The van der Waals surface area contributed by atoms with Crippen LogP contribution in [0, 0.1) is 11.3 Å². The maximum absolute atomic E-state index is 13.1. The third-order valence-electron chi connectivity index (χ3n) is 3.20. The Labute approximate surface area is 128 Å². The molecule has 0 spiro atoms. The van der Waals surface area contributed by atoms with E-state index in [4.69, 9.17) is 11.0 Å². The number of nitrogens with two attached hydrogens (primary N) is 1. The first-order chi connectivity index (χ1) is 10.9. The molecule has 0 aliphatic rings. The average molecular weight is 315 g/mol. The first-order valence-corrected chi connectivity index (χ1v) is 6.39. The second-order valence-electron chi connectivity index (χ2n) is 4.69. The molecule has 0 aliphatic carbocycles. The SMILES string of the molecule is N#Cc1ccc2nc(-c3cnccc3C(F)(F)F)cc(N)c2n1. The van der Waals surface area contributed by atoms with Gasteiger partial charge in [0, 0.05) is 18.0 Å². The zero-order valence-corrected chi connectivity index (χ0v) is 11.5. The Bertz CT molecular complexity index is 944. The second-order valence-corrected chi connectivity index (χ2v) is 4.69. The molecule has 8 heteroatoms. The summed E-state index contributed by atoms with van der Waals surface area (Å²) in [5.74, 6) is 0. The topological polar surface area (TPSA) is 88.5 Å². The van der Waals surface area contributed by atoms with Gasteiger partial charge in [0.2, 0.25) is 0 Å². The average Bonchev–Trinajstić information content (AvgIpc) is 2.53. The summed E-state index contributed by atoms with van der Waals surface area (Å²) in [6, 6.07) is 6.96. The first-order valence-electron chi connectivity index (χ1n) is 6.39. The molecular formula is C15H8F3N5. The summed E-state index contributed by atoms with van der Waals surface area (Å²) in [5.41, 5.74) is 5.75. The van der Waals surface area contributed by atoms with Gasteiger partial charge in [-0.15, -0.1) is 0 Å². The normalized spacial score (nSPS) is 11.4. The molecule has 114 valence electrons. The molecule has 3 aromatic heterocycles. The van der Waals surface area contributed by atoms with Crippen LogP contribution in [0.1, 0.15) is 11.3 Å². The number of anilines is 1. The molecule has 0 saturated carbocycles. The summed E-state index contributed by atoms with van der Waals surface area (Å²) in [5, 5.41) is 8.84. The molecule has 0 radical (unpaired) electrons. The molecule has 23 heavy (non-hydrogen) atoms. The zero-order valence-electron chi connectivity index (χ0n) is 11.5. The number of hydrogen-bond acceptors (Lipinski definition) is 5. The molecule has 0 amide bonds. The van der Waals surface area contributed by atoms with Gasteiger partial charge in [0.25, 0.3) is 0 Å². The molecule has 2 N–H and O–H groups in total. The molecule has 0 aromatic carbocycles. The summed E-state index contributed by atoms with van der Waals surface area (Å²) in [6.07, 6.45) is -2.38. The van der Waals surface area contributed by atoms with Gasteiger partial charge in [-0.2, -0.15) is 18.4 Å². The number of fused-ring (bicyclic) bond motifs is 1. The summed E-state index contributed by atoms with van der Waals surface area (Å²) >= 11 is 0. The van der Waals surface area contributed by atoms with Gasteiger partial charge in [0.15, 0.2) is 0 Å². The van der Waals surface area contributed by atoms with Crippen LogP contribution in [0.5, 0.6) is 0 Å². The number of pyridine rings is 3. The number of nitrogen functional groups attached to an aromatic ring is 1. The van der Waals surface area contributed by atoms with Crippen LogP contribution in [0.15, 0.2) is 36.7 Å². The van der Waals surface area contributed by atoms with Gasteiger partial charge >= 0.3 is 6.18 Å². The van der Waals surface area contributed by atoms with Gasteiger partial charge < -0.3 is 5.73 Å². The Morgan fingerprint density at radius 2 is 1.91 bits per heavy atom. The largest absolute Gasteiger partial charge is 0.417 e. The van der Waals surface area contributed by atoms with E-state index in [-0.39, 0.29) is 28.2 Å². The highest BCUT2D eigenvalue weighted by Crippen LogP contribution is 2.36. The van der Waals surface area contributed by atoms with Crippen molar-refractivity contribution in [2.24, 2.45) is 0 Å². The van der Waals surface area contributed by atoms with Gasteiger partial charge in [-0.1, -0.05) is 0 Å². The Kier molecular flexibility index (Phi) is 3.33. The molecular weight excluding hydrogens is 307 g/mol. The maximum Gasteiger partial charge on any atom is 0.417 e. The number of nitriles is 1. The lowest BCUT2D eigenvalue weighted by atomic mass is 10.1. The van der Waals surface area contributed by atoms with E-state index in [0.717, 1.165) is 18.5 Å². The van der Waals surface area contributed by atoms with Crippen molar-refractivity contribution in [1.82, 2.24) is 15.0 Å². The second kappa shape index (κ2) is 5.21. The zero-order chi connectivity index (χ0) is 16.6. The third-order valence-corrected chi connectivity index (χ3v) is 3.20. The Hall–Kier alpha value is -3.21. The van der Waals surface area contributed by atoms with E-state index in [1.807, 2.05) is 6.07 Å². The molecule has 3 heterocycles. The smallest absolute Gasteiger partial charge is 0.397 e. The van der Waals surface area contributed by atoms with Gasteiger partial charge in [-0.25, -0.2) is 9.97 Å². The van der Waals surface area contributed by atoms with Crippen LogP contribution in [0.4, 0.5) is 18.9 Å².